The summed E-state index contributed by atoms with van der Waals surface area (Å²) in [6.07, 6.45) is 5.11. The zero-order valence-electron chi connectivity index (χ0n) is 18.6. The maximum Gasteiger partial charge on any atom is 0.335 e. The van der Waals surface area contributed by atoms with Crippen LogP contribution >= 0.6 is 0 Å². The molecule has 0 spiro atoms. The Hall–Kier alpha value is -4.60. The minimum absolute atomic E-state index is 0.184. The number of aromatic carboxylic acids is 1. The molecule has 174 valence electrons. The van der Waals surface area contributed by atoms with Crippen LogP contribution in [0.25, 0.3) is 11.3 Å². The predicted octanol–water partition coefficient (Wildman–Crippen LogP) is 3.73. The quantitative estimate of drug-likeness (QED) is 0.344. The van der Waals surface area contributed by atoms with E-state index in [1.807, 2.05) is 17.7 Å². The van der Waals surface area contributed by atoms with Crippen LogP contribution in [0.3, 0.4) is 0 Å². The highest BCUT2D eigenvalue weighted by Gasteiger charge is 2.12. The van der Waals surface area contributed by atoms with E-state index in [9.17, 15) is 9.59 Å². The molecule has 4 rings (SSSR count). The second-order valence-corrected chi connectivity index (χ2v) is 7.41. The molecule has 4 aromatic rings. The van der Waals surface area contributed by atoms with Crippen molar-refractivity contribution in [3.63, 3.8) is 0 Å². The third kappa shape index (κ3) is 5.23. The van der Waals surface area contributed by atoms with Crippen LogP contribution in [-0.4, -0.2) is 45.2 Å². The summed E-state index contributed by atoms with van der Waals surface area (Å²) in [6.45, 7) is 2.96. The van der Waals surface area contributed by atoms with Crippen molar-refractivity contribution < 1.29 is 23.8 Å². The molecule has 0 aliphatic heterocycles. The van der Waals surface area contributed by atoms with Gasteiger partial charge in [-0.2, -0.15) is 0 Å². The first-order valence-corrected chi connectivity index (χ1v) is 10.4. The predicted molar refractivity (Wildman–Crippen MR) is 124 cm³/mol. The van der Waals surface area contributed by atoms with E-state index in [-0.39, 0.29) is 17.5 Å². The van der Waals surface area contributed by atoms with Crippen molar-refractivity contribution in [1.82, 2.24) is 19.9 Å². The molecular formula is C24H23N5O5. The summed E-state index contributed by atoms with van der Waals surface area (Å²) in [6, 6.07) is 11.5. The molecule has 1 amide bonds. The molecule has 34 heavy (non-hydrogen) atoms. The summed E-state index contributed by atoms with van der Waals surface area (Å²) in [5.41, 5.74) is 1.85. The number of rotatable bonds is 9. The number of ether oxygens (including phenoxy) is 1. The molecule has 0 aliphatic rings. The highest BCUT2D eigenvalue weighted by atomic mass is 16.5. The summed E-state index contributed by atoms with van der Waals surface area (Å²) in [4.78, 5) is 32.1. The van der Waals surface area contributed by atoms with Crippen LogP contribution in [0.4, 0.5) is 11.7 Å². The smallest absolute Gasteiger partial charge is 0.335 e. The van der Waals surface area contributed by atoms with Gasteiger partial charge in [0.2, 0.25) is 0 Å². The Labute approximate surface area is 195 Å². The summed E-state index contributed by atoms with van der Waals surface area (Å²) in [5, 5.41) is 15.0. The molecule has 10 heteroatoms. The zero-order chi connectivity index (χ0) is 24.1. The average molecular weight is 461 g/mol. The third-order valence-corrected chi connectivity index (χ3v) is 5.14. The van der Waals surface area contributed by atoms with Crippen LogP contribution in [-0.2, 0) is 6.54 Å². The van der Waals surface area contributed by atoms with Gasteiger partial charge in [0.25, 0.3) is 11.9 Å². The molecule has 0 unspecified atom stereocenters. The van der Waals surface area contributed by atoms with Crippen molar-refractivity contribution in [2.45, 2.75) is 13.5 Å². The fourth-order valence-corrected chi connectivity index (χ4v) is 3.32. The van der Waals surface area contributed by atoms with E-state index >= 15 is 0 Å². The Morgan fingerprint density at radius 2 is 1.91 bits per heavy atom. The molecule has 0 fully saturated rings. The molecule has 10 nitrogen and oxygen atoms in total. The third-order valence-electron chi connectivity index (χ3n) is 5.14. The van der Waals surface area contributed by atoms with Crippen molar-refractivity contribution in [2.75, 3.05) is 19.0 Å². The average Bonchev–Trinajstić information content (AvgIpc) is 3.47. The number of carboxylic acid groups (broad SMARTS) is 1. The van der Waals surface area contributed by atoms with Crippen LogP contribution in [0, 0.1) is 6.92 Å². The first kappa shape index (κ1) is 22.6. The topological polar surface area (TPSA) is 132 Å². The molecule has 0 aliphatic carbocycles. The van der Waals surface area contributed by atoms with Gasteiger partial charge < -0.3 is 29.5 Å². The van der Waals surface area contributed by atoms with Gasteiger partial charge in [-0.1, -0.05) is 12.1 Å². The SMILES string of the molecule is COc1cc(Nc2ncc(-c3ccc(C(=O)O)cc3)o2)cc(C(=O)NCCn2ccnc2C)c1. The largest absolute Gasteiger partial charge is 0.497 e. The number of imidazole rings is 1. The number of carbonyl (C=O) groups excluding carboxylic acids is 1. The number of aromatic nitrogens is 3. The van der Waals surface area contributed by atoms with Gasteiger partial charge in [0.05, 0.1) is 18.9 Å². The number of amides is 1. The number of aryl methyl sites for hydroxylation is 1. The fraction of sp³-hybridized carbons (Fsp3) is 0.167. The van der Waals surface area contributed by atoms with Crippen LogP contribution < -0.4 is 15.4 Å². The molecule has 2 heterocycles. The number of nitrogens with one attached hydrogen (secondary N) is 2. The van der Waals surface area contributed by atoms with Gasteiger partial charge in [-0.25, -0.2) is 14.8 Å². The van der Waals surface area contributed by atoms with Crippen LogP contribution in [0.5, 0.6) is 5.75 Å². The minimum Gasteiger partial charge on any atom is -0.497 e. The lowest BCUT2D eigenvalue weighted by Gasteiger charge is -2.11. The zero-order valence-corrected chi connectivity index (χ0v) is 18.6. The first-order chi connectivity index (χ1) is 16.4. The number of anilines is 2. The highest BCUT2D eigenvalue weighted by molar-refractivity contribution is 5.95. The lowest BCUT2D eigenvalue weighted by Crippen LogP contribution is -2.27. The first-order valence-electron chi connectivity index (χ1n) is 10.4. The summed E-state index contributed by atoms with van der Waals surface area (Å²) < 4.78 is 13.0. The summed E-state index contributed by atoms with van der Waals surface area (Å²) >= 11 is 0. The minimum atomic E-state index is -0.999. The Kier molecular flexibility index (Phi) is 6.58. The number of nitrogens with zero attached hydrogens (tertiary/aromatic N) is 3. The molecule has 0 radical (unpaired) electrons. The van der Waals surface area contributed by atoms with E-state index in [4.69, 9.17) is 14.3 Å². The second-order valence-electron chi connectivity index (χ2n) is 7.41. The van der Waals surface area contributed by atoms with Gasteiger partial charge in [-0.05, 0) is 31.2 Å². The highest BCUT2D eigenvalue weighted by Crippen LogP contribution is 2.27. The van der Waals surface area contributed by atoms with Gasteiger partial charge in [0.1, 0.15) is 11.6 Å². The van der Waals surface area contributed by atoms with E-state index in [1.54, 1.807) is 36.5 Å². The van der Waals surface area contributed by atoms with Crippen molar-refractivity contribution in [2.24, 2.45) is 0 Å². The molecule has 0 bridgehead atoms. The molecule has 2 aromatic carbocycles. The molecule has 0 atom stereocenters. The number of hydrogen-bond donors (Lipinski definition) is 3. The van der Waals surface area contributed by atoms with Gasteiger partial charge in [0.15, 0.2) is 5.76 Å². The van der Waals surface area contributed by atoms with Gasteiger partial charge in [-0.3, -0.25) is 4.79 Å². The number of oxazole rings is 1. The van der Waals surface area contributed by atoms with E-state index in [0.717, 1.165) is 5.82 Å². The lowest BCUT2D eigenvalue weighted by atomic mass is 10.1. The van der Waals surface area contributed by atoms with Crippen molar-refractivity contribution in [3.05, 3.63) is 78.0 Å². The Morgan fingerprint density at radius 3 is 2.59 bits per heavy atom. The number of benzene rings is 2. The maximum absolute atomic E-state index is 12.7. The van der Waals surface area contributed by atoms with E-state index in [1.165, 1.54) is 25.4 Å². The van der Waals surface area contributed by atoms with Gasteiger partial charge in [0, 0.05) is 48.4 Å². The van der Waals surface area contributed by atoms with Crippen LogP contribution in [0.15, 0.2) is 65.5 Å². The standard InChI is InChI=1S/C24H23N5O5/c1-15-25-7-9-29(15)10-8-26-22(30)18-11-19(13-20(12-18)33-2)28-24-27-14-21(34-24)16-3-5-17(6-4-16)23(31)32/h3-7,9,11-14H,8,10H2,1-2H3,(H,26,30)(H,27,28)(H,31,32). The van der Waals surface area contributed by atoms with Crippen molar-refractivity contribution in [3.8, 4) is 17.1 Å². The summed E-state index contributed by atoms with van der Waals surface area (Å²) in [5.74, 6) is 0.601. The molecular weight excluding hydrogens is 438 g/mol. The normalized spacial score (nSPS) is 10.6. The number of hydrogen-bond acceptors (Lipinski definition) is 7. The van der Waals surface area contributed by atoms with Crippen LogP contribution in [0.1, 0.15) is 26.5 Å². The molecule has 3 N–H and O–H groups in total. The Morgan fingerprint density at radius 1 is 1.12 bits per heavy atom. The van der Waals surface area contributed by atoms with Crippen molar-refractivity contribution in [1.29, 1.82) is 0 Å². The number of carboxylic acids is 1. The van der Waals surface area contributed by atoms with Gasteiger partial charge >= 0.3 is 5.97 Å². The molecule has 0 saturated carbocycles. The van der Waals surface area contributed by atoms with E-state index < -0.39 is 5.97 Å². The summed E-state index contributed by atoms with van der Waals surface area (Å²) in [7, 11) is 1.52. The number of methoxy groups -OCH3 is 1. The van der Waals surface area contributed by atoms with Crippen molar-refractivity contribution >= 4 is 23.6 Å². The molecule has 0 saturated heterocycles. The number of carbonyl (C=O) groups is 2. The Bertz CT molecular complexity index is 1310. The monoisotopic (exact) mass is 461 g/mol. The lowest BCUT2D eigenvalue weighted by molar-refractivity contribution is 0.0696. The van der Waals surface area contributed by atoms with Crippen LogP contribution in [0.2, 0.25) is 0 Å². The van der Waals surface area contributed by atoms with E-state index in [2.05, 4.69) is 20.6 Å². The fourth-order valence-electron chi connectivity index (χ4n) is 3.32. The maximum atomic E-state index is 12.7. The van der Waals surface area contributed by atoms with Gasteiger partial charge in [-0.15, -0.1) is 0 Å². The Balaban J connectivity index is 1.45. The molecule has 2 aromatic heterocycles. The second kappa shape index (κ2) is 9.90. The van der Waals surface area contributed by atoms with E-state index in [0.29, 0.717) is 41.4 Å².